The van der Waals surface area contributed by atoms with Gasteiger partial charge in [0.1, 0.15) is 0 Å². The molecule has 14 heavy (non-hydrogen) atoms. The lowest BCUT2D eigenvalue weighted by atomic mass is 15.6. The summed E-state index contributed by atoms with van der Waals surface area (Å²) in [4.78, 5) is 0. The molecule has 0 aromatic rings. The predicted molar refractivity (Wildman–Crippen MR) is 40.8 cm³/mol. The van der Waals surface area contributed by atoms with E-state index in [-0.39, 0.29) is 0 Å². The van der Waals surface area contributed by atoms with Crippen molar-refractivity contribution >= 4 is 55.1 Å². The van der Waals surface area contributed by atoms with Crippen LogP contribution in [0.15, 0.2) is 0 Å². The van der Waals surface area contributed by atoms with Gasteiger partial charge in [0.25, 0.3) is 0 Å². The maximum Gasteiger partial charge on any atom is 1.05 e. The van der Waals surface area contributed by atoms with Crippen molar-refractivity contribution in [3.8, 4) is 0 Å². The minimum atomic E-state index is -2.53. The van der Waals surface area contributed by atoms with Gasteiger partial charge in [-0.2, -0.15) is 21.5 Å². The fourth-order valence-corrected chi connectivity index (χ4v) is 6.69. The van der Waals surface area contributed by atoms with E-state index in [1.54, 1.807) is 0 Å². The third kappa shape index (κ3) is 3.06. The lowest BCUT2D eigenvalue weighted by molar-refractivity contribution is 0.199. The highest BCUT2D eigenvalue weighted by molar-refractivity contribution is 7.44. The van der Waals surface area contributed by atoms with Gasteiger partial charge in [-0.1, -0.05) is 0 Å². The summed E-state index contributed by atoms with van der Waals surface area (Å²) in [5, 5.41) is 0. The monoisotopic (exact) mass is 291 g/mol. The quantitative estimate of drug-likeness (QED) is 0.554. The molecule has 2 rings (SSSR count). The molecule has 72 valence electrons. The van der Waals surface area contributed by atoms with E-state index >= 15 is 0 Å². The van der Waals surface area contributed by atoms with E-state index in [9.17, 15) is 13.7 Å². The van der Waals surface area contributed by atoms with Crippen LogP contribution >= 0.6 is 24.8 Å². The van der Waals surface area contributed by atoms with Gasteiger partial charge in [0.05, 0.1) is 0 Å². The Morgan fingerprint density at radius 2 is 1.29 bits per heavy atom. The molecular formula is Al2O9P3+3. The summed E-state index contributed by atoms with van der Waals surface area (Å²) in [7, 11) is -6.69. The van der Waals surface area contributed by atoms with Gasteiger partial charge in [0.15, 0.2) is 0 Å². The average molecular weight is 291 g/mol. The molecule has 0 aliphatic carbocycles. The molecule has 0 bridgehead atoms. The summed E-state index contributed by atoms with van der Waals surface area (Å²) in [6.07, 6.45) is 0. The summed E-state index contributed by atoms with van der Waals surface area (Å²) in [5.41, 5.74) is 0. The minimum Gasteiger partial charge on any atom is -0.175 e. The lowest BCUT2D eigenvalue weighted by Crippen LogP contribution is -2.31. The SMILES string of the molecule is O=[P+]1[O][Al]([O][P+](=O)[O][Al]2[O][P+](=O)[O]2)[O]1. The molecule has 0 saturated carbocycles. The van der Waals surface area contributed by atoms with Gasteiger partial charge >= 0.3 is 55.1 Å². The van der Waals surface area contributed by atoms with Crippen molar-refractivity contribution in [1.29, 1.82) is 0 Å². The van der Waals surface area contributed by atoms with Crippen LogP contribution in [0.5, 0.6) is 0 Å². The van der Waals surface area contributed by atoms with E-state index in [0.717, 1.165) is 0 Å². The van der Waals surface area contributed by atoms with Crippen molar-refractivity contribution in [2.75, 3.05) is 0 Å². The van der Waals surface area contributed by atoms with E-state index in [1.807, 2.05) is 0 Å². The Bertz CT molecular complexity index is 256. The van der Waals surface area contributed by atoms with Crippen LogP contribution < -0.4 is 0 Å². The van der Waals surface area contributed by atoms with E-state index in [4.69, 9.17) is 0 Å². The Kier molecular flexibility index (Phi) is 4.12. The molecule has 2 fully saturated rings. The third-order valence-corrected chi connectivity index (χ3v) is 9.30. The molecule has 0 aromatic carbocycles. The van der Waals surface area contributed by atoms with Crippen LogP contribution in [-0.2, 0) is 35.1 Å². The predicted octanol–water partition coefficient (Wildman–Crippen LogP) is 1.06. The summed E-state index contributed by atoms with van der Waals surface area (Å²) in [5.74, 6) is 0. The van der Waals surface area contributed by atoms with Crippen LogP contribution in [0.3, 0.4) is 0 Å². The first-order chi connectivity index (χ1) is 6.63. The maximum absolute atomic E-state index is 10.9. The van der Waals surface area contributed by atoms with Gasteiger partial charge in [-0.25, -0.2) is 0 Å². The molecule has 0 spiro atoms. The van der Waals surface area contributed by atoms with E-state index < -0.39 is 55.1 Å². The first kappa shape index (κ1) is 11.6. The van der Waals surface area contributed by atoms with Gasteiger partial charge < -0.3 is 0 Å². The molecule has 0 unspecified atom stereocenters. The lowest BCUT2D eigenvalue weighted by Gasteiger charge is -1.99. The molecule has 2 heterocycles. The molecule has 0 amide bonds. The topological polar surface area (TPSA) is 107 Å². The molecule has 2 aliphatic rings. The fourth-order valence-electron chi connectivity index (χ4n) is 0.539. The van der Waals surface area contributed by atoms with Crippen LogP contribution in [0.2, 0.25) is 0 Å². The second kappa shape index (κ2) is 4.97. The van der Waals surface area contributed by atoms with Crippen molar-refractivity contribution in [2.24, 2.45) is 0 Å². The van der Waals surface area contributed by atoms with Gasteiger partial charge in [-0.05, 0) is 0 Å². The van der Waals surface area contributed by atoms with Crippen molar-refractivity contribution < 1.29 is 35.1 Å². The van der Waals surface area contributed by atoms with Crippen molar-refractivity contribution in [3.05, 3.63) is 0 Å². The summed E-state index contributed by atoms with van der Waals surface area (Å²) < 4.78 is 58.5. The van der Waals surface area contributed by atoms with Gasteiger partial charge in [0.2, 0.25) is 0 Å². The molecule has 14 heteroatoms. The molecular weight excluding hydrogens is 291 g/mol. The highest BCUT2D eigenvalue weighted by Gasteiger charge is 2.71. The Labute approximate surface area is 90.2 Å². The first-order valence-corrected chi connectivity index (χ1v) is 9.17. The summed E-state index contributed by atoms with van der Waals surface area (Å²) in [6, 6.07) is 0. The maximum atomic E-state index is 10.9. The normalized spacial score (nSPS) is 20.6. The molecule has 0 N–H and O–H groups in total. The van der Waals surface area contributed by atoms with Crippen molar-refractivity contribution in [3.63, 3.8) is 0 Å². The van der Waals surface area contributed by atoms with E-state index in [1.165, 1.54) is 0 Å². The Morgan fingerprint density at radius 3 is 1.57 bits per heavy atom. The third-order valence-electron chi connectivity index (χ3n) is 1.03. The zero-order valence-corrected chi connectivity index (χ0v) is 11.2. The first-order valence-electron chi connectivity index (χ1n) is 3.06. The van der Waals surface area contributed by atoms with E-state index in [2.05, 4.69) is 21.5 Å². The van der Waals surface area contributed by atoms with Crippen LogP contribution in [0, 0.1) is 0 Å². The average Bonchev–Trinajstić information content (AvgIpc) is 1.98. The molecule has 2 aliphatic heterocycles. The molecule has 0 aromatic heterocycles. The molecule has 0 radical (unpaired) electrons. The second-order valence-electron chi connectivity index (χ2n) is 1.88. The van der Waals surface area contributed by atoms with Gasteiger partial charge in [-0.3, -0.25) is 0 Å². The Hall–Kier alpha value is 1.12. The Morgan fingerprint density at radius 1 is 0.929 bits per heavy atom. The van der Waals surface area contributed by atoms with Crippen molar-refractivity contribution in [2.45, 2.75) is 0 Å². The number of hydrogen-bond donors (Lipinski definition) is 0. The largest absolute Gasteiger partial charge is 1.05 e. The van der Waals surface area contributed by atoms with Crippen LogP contribution in [0.1, 0.15) is 0 Å². The van der Waals surface area contributed by atoms with E-state index in [0.29, 0.717) is 0 Å². The van der Waals surface area contributed by atoms with Crippen LogP contribution in [0.4, 0.5) is 0 Å². The van der Waals surface area contributed by atoms with Crippen LogP contribution in [0.25, 0.3) is 0 Å². The zero-order valence-electron chi connectivity index (χ0n) is 6.17. The highest BCUT2D eigenvalue weighted by atomic mass is 31.1. The zero-order chi connectivity index (χ0) is 10.1. The van der Waals surface area contributed by atoms with Gasteiger partial charge in [-0.15, -0.1) is 0 Å². The molecule has 2 saturated heterocycles. The standard InChI is InChI=1S/2Al.3HO3P/c;;3*1-4(2)3/h;;3*(H,1,2,3)/q2*+3;;;/p-3. The van der Waals surface area contributed by atoms with Gasteiger partial charge in [0, 0.05) is 13.7 Å². The Balaban J connectivity index is 1.64. The second-order valence-corrected chi connectivity index (χ2v) is 9.44. The highest BCUT2D eigenvalue weighted by Crippen LogP contribution is 2.45. The molecule has 9 nitrogen and oxygen atoms in total. The number of hydrogen-bond acceptors (Lipinski definition) is 9. The molecule has 0 atom stereocenters. The number of rotatable bonds is 4. The fraction of sp³-hybridized carbons (Fsp3) is 0. The smallest absolute Gasteiger partial charge is 0.175 e. The minimum absolute atomic E-state index is 2.10. The van der Waals surface area contributed by atoms with Crippen molar-refractivity contribution in [1.82, 2.24) is 0 Å². The van der Waals surface area contributed by atoms with Crippen LogP contribution in [-0.4, -0.2) is 30.3 Å². The summed E-state index contributed by atoms with van der Waals surface area (Å²) in [6.45, 7) is 0. The summed E-state index contributed by atoms with van der Waals surface area (Å²) >= 11 is -5.06.